The molecule has 1 amide bonds. The van der Waals surface area contributed by atoms with Gasteiger partial charge in [-0.25, -0.2) is 9.97 Å². The van der Waals surface area contributed by atoms with Crippen LogP contribution < -0.4 is 10.6 Å². The van der Waals surface area contributed by atoms with Gasteiger partial charge in [0.2, 0.25) is 5.95 Å². The zero-order valence-electron chi connectivity index (χ0n) is 15.9. The number of benzene rings is 1. The first-order valence-corrected chi connectivity index (χ1v) is 9.40. The Balaban J connectivity index is 1.53. The minimum absolute atomic E-state index is 0.245. The second kappa shape index (κ2) is 9.43. The highest BCUT2D eigenvalue weighted by Crippen LogP contribution is 2.17. The fourth-order valence-electron chi connectivity index (χ4n) is 2.87. The molecule has 1 fully saturated rings. The van der Waals surface area contributed by atoms with E-state index >= 15 is 0 Å². The third-order valence-electron chi connectivity index (χ3n) is 4.54. The summed E-state index contributed by atoms with van der Waals surface area (Å²) in [5, 5.41) is 6.07. The number of ether oxygens (including phenoxy) is 1. The lowest BCUT2D eigenvalue weighted by molar-refractivity contribution is 0.0398. The topological polar surface area (TPSA) is 79.4 Å². The van der Waals surface area contributed by atoms with Crippen LogP contribution in [0.4, 0.5) is 11.6 Å². The molecule has 7 nitrogen and oxygen atoms in total. The van der Waals surface area contributed by atoms with Gasteiger partial charge in [-0.3, -0.25) is 9.69 Å². The predicted molar refractivity (Wildman–Crippen MR) is 106 cm³/mol. The van der Waals surface area contributed by atoms with Crippen LogP contribution in [0.2, 0.25) is 0 Å². The van der Waals surface area contributed by atoms with E-state index in [0.717, 1.165) is 45.1 Å². The minimum Gasteiger partial charge on any atom is -0.379 e. The van der Waals surface area contributed by atoms with Gasteiger partial charge in [0.1, 0.15) is 5.69 Å². The Morgan fingerprint density at radius 3 is 2.63 bits per heavy atom. The summed E-state index contributed by atoms with van der Waals surface area (Å²) in [7, 11) is 0. The molecule has 1 saturated heterocycles. The van der Waals surface area contributed by atoms with Gasteiger partial charge in [-0.1, -0.05) is 26.0 Å². The molecule has 0 spiro atoms. The second-order valence-corrected chi connectivity index (χ2v) is 6.88. The number of carbonyl (C=O) groups is 1. The predicted octanol–water partition coefficient (Wildman–Crippen LogP) is 2.60. The van der Waals surface area contributed by atoms with Crippen molar-refractivity contribution in [1.29, 1.82) is 0 Å². The van der Waals surface area contributed by atoms with E-state index in [-0.39, 0.29) is 5.91 Å². The molecule has 144 valence electrons. The number of amides is 1. The van der Waals surface area contributed by atoms with E-state index in [0.29, 0.717) is 17.6 Å². The molecule has 1 aliphatic rings. The quantitative estimate of drug-likeness (QED) is 0.781. The molecule has 7 heteroatoms. The molecule has 1 aliphatic heterocycles. The highest BCUT2D eigenvalue weighted by atomic mass is 16.5. The van der Waals surface area contributed by atoms with Crippen LogP contribution >= 0.6 is 0 Å². The Labute approximate surface area is 160 Å². The van der Waals surface area contributed by atoms with Gasteiger partial charge in [-0.15, -0.1) is 0 Å². The van der Waals surface area contributed by atoms with Gasteiger partial charge in [-0.2, -0.15) is 0 Å². The van der Waals surface area contributed by atoms with Crippen LogP contribution in [0.5, 0.6) is 0 Å². The fourth-order valence-corrected chi connectivity index (χ4v) is 2.87. The maximum Gasteiger partial charge on any atom is 0.274 e. The normalized spacial score (nSPS) is 14.9. The molecule has 0 unspecified atom stereocenters. The van der Waals surface area contributed by atoms with Gasteiger partial charge < -0.3 is 15.4 Å². The Morgan fingerprint density at radius 2 is 1.93 bits per heavy atom. The molecular formula is C20H27N5O2. The smallest absolute Gasteiger partial charge is 0.274 e. The molecule has 2 N–H and O–H groups in total. The minimum atomic E-state index is -0.245. The summed E-state index contributed by atoms with van der Waals surface area (Å²) in [6, 6.07) is 9.49. The Hall–Kier alpha value is -2.51. The maximum atomic E-state index is 12.5. The Bertz CT molecular complexity index is 742. The third kappa shape index (κ3) is 5.74. The van der Waals surface area contributed by atoms with Crippen LogP contribution in [0.25, 0.3) is 0 Å². The number of aromatic nitrogens is 2. The summed E-state index contributed by atoms with van der Waals surface area (Å²) in [6.07, 6.45) is 1.60. The van der Waals surface area contributed by atoms with E-state index in [1.54, 1.807) is 12.3 Å². The van der Waals surface area contributed by atoms with E-state index in [2.05, 4.69) is 39.3 Å². The number of morpholine rings is 1. The summed E-state index contributed by atoms with van der Waals surface area (Å²) in [5.41, 5.74) is 2.33. The lowest BCUT2D eigenvalue weighted by atomic mass is 10.0. The van der Waals surface area contributed by atoms with Crippen molar-refractivity contribution < 1.29 is 9.53 Å². The zero-order chi connectivity index (χ0) is 19.1. The van der Waals surface area contributed by atoms with Gasteiger partial charge in [0.25, 0.3) is 5.91 Å². The highest BCUT2D eigenvalue weighted by Gasteiger charge is 2.11. The standard InChI is InChI=1S/C20H27N5O2/c1-15(2)16-3-5-17(6-4-16)23-19(26)18-7-8-21-20(24-18)22-9-10-25-11-13-27-14-12-25/h3-8,15H,9-14H2,1-2H3,(H,23,26)(H,21,22,24). The molecule has 0 atom stereocenters. The van der Waals surface area contributed by atoms with Crippen molar-refractivity contribution in [2.24, 2.45) is 0 Å². The second-order valence-electron chi connectivity index (χ2n) is 6.88. The maximum absolute atomic E-state index is 12.5. The van der Waals surface area contributed by atoms with Gasteiger partial charge in [-0.05, 0) is 29.7 Å². The van der Waals surface area contributed by atoms with E-state index in [9.17, 15) is 4.79 Å². The van der Waals surface area contributed by atoms with E-state index in [1.807, 2.05) is 24.3 Å². The molecule has 1 aromatic carbocycles. The number of hydrogen-bond acceptors (Lipinski definition) is 6. The molecule has 0 bridgehead atoms. The van der Waals surface area contributed by atoms with Crippen molar-refractivity contribution in [3.8, 4) is 0 Å². The molecule has 0 saturated carbocycles. The fraction of sp³-hybridized carbons (Fsp3) is 0.450. The molecule has 27 heavy (non-hydrogen) atoms. The van der Waals surface area contributed by atoms with Crippen molar-refractivity contribution in [3.63, 3.8) is 0 Å². The molecular weight excluding hydrogens is 342 g/mol. The summed E-state index contributed by atoms with van der Waals surface area (Å²) < 4.78 is 5.34. The SMILES string of the molecule is CC(C)c1ccc(NC(=O)c2ccnc(NCCN3CCOCC3)n2)cc1. The van der Waals surface area contributed by atoms with Crippen molar-refractivity contribution in [1.82, 2.24) is 14.9 Å². The molecule has 3 rings (SSSR count). The van der Waals surface area contributed by atoms with Crippen LogP contribution in [0, 0.1) is 0 Å². The molecule has 2 heterocycles. The molecule has 1 aromatic heterocycles. The lowest BCUT2D eigenvalue weighted by Gasteiger charge is -2.26. The number of nitrogens with one attached hydrogen (secondary N) is 2. The van der Waals surface area contributed by atoms with Gasteiger partial charge in [0, 0.05) is 38.1 Å². The number of rotatable bonds is 7. The van der Waals surface area contributed by atoms with Crippen LogP contribution in [0.1, 0.15) is 35.8 Å². The van der Waals surface area contributed by atoms with Crippen molar-refractivity contribution in [2.75, 3.05) is 50.0 Å². The van der Waals surface area contributed by atoms with Crippen LogP contribution in [0.15, 0.2) is 36.5 Å². The first-order chi connectivity index (χ1) is 13.1. The lowest BCUT2D eigenvalue weighted by Crippen LogP contribution is -2.39. The third-order valence-corrected chi connectivity index (χ3v) is 4.54. The van der Waals surface area contributed by atoms with Crippen molar-refractivity contribution in [2.45, 2.75) is 19.8 Å². The van der Waals surface area contributed by atoms with Gasteiger partial charge >= 0.3 is 0 Å². The number of hydrogen-bond donors (Lipinski definition) is 2. The molecule has 0 aliphatic carbocycles. The van der Waals surface area contributed by atoms with E-state index in [1.165, 1.54) is 5.56 Å². The Morgan fingerprint density at radius 1 is 1.19 bits per heavy atom. The van der Waals surface area contributed by atoms with E-state index in [4.69, 9.17) is 4.74 Å². The summed E-state index contributed by atoms with van der Waals surface area (Å²) in [4.78, 5) is 23.3. The van der Waals surface area contributed by atoms with Crippen molar-refractivity contribution in [3.05, 3.63) is 47.8 Å². The zero-order valence-corrected chi connectivity index (χ0v) is 15.9. The molecule has 0 radical (unpaired) electrons. The van der Waals surface area contributed by atoms with Crippen LogP contribution in [-0.2, 0) is 4.74 Å². The number of nitrogens with zero attached hydrogens (tertiary/aromatic N) is 3. The van der Waals surface area contributed by atoms with Gasteiger partial charge in [0.15, 0.2) is 0 Å². The van der Waals surface area contributed by atoms with Gasteiger partial charge in [0.05, 0.1) is 13.2 Å². The largest absolute Gasteiger partial charge is 0.379 e. The first-order valence-electron chi connectivity index (χ1n) is 9.40. The van der Waals surface area contributed by atoms with Crippen LogP contribution in [0.3, 0.4) is 0 Å². The molecule has 2 aromatic rings. The van der Waals surface area contributed by atoms with E-state index < -0.39 is 0 Å². The average molecular weight is 369 g/mol. The van der Waals surface area contributed by atoms with Crippen molar-refractivity contribution >= 4 is 17.5 Å². The monoisotopic (exact) mass is 369 g/mol. The number of anilines is 2. The highest BCUT2D eigenvalue weighted by molar-refractivity contribution is 6.02. The van der Waals surface area contributed by atoms with Crippen LogP contribution in [-0.4, -0.2) is 60.2 Å². The Kier molecular flexibility index (Phi) is 6.73. The summed E-state index contributed by atoms with van der Waals surface area (Å²) in [5.74, 6) is 0.680. The first kappa shape index (κ1) is 19.3. The summed E-state index contributed by atoms with van der Waals surface area (Å²) in [6.45, 7) is 9.35. The average Bonchev–Trinajstić information content (AvgIpc) is 2.69. The summed E-state index contributed by atoms with van der Waals surface area (Å²) >= 11 is 0. The number of carbonyl (C=O) groups excluding carboxylic acids is 1.